The normalized spacial score (nSPS) is 12.8. The van der Waals surface area contributed by atoms with Crippen LogP contribution in [0, 0.1) is 0 Å². The molecule has 0 aromatic carbocycles. The quantitative estimate of drug-likeness (QED) is 0.447. The number of allylic oxidation sites excluding steroid dienone is 4. The van der Waals surface area contributed by atoms with Crippen LogP contribution in [0.3, 0.4) is 0 Å². The van der Waals surface area contributed by atoms with Gasteiger partial charge in [0.05, 0.1) is 11.5 Å². The average molecular weight is 367 g/mol. The van der Waals surface area contributed by atoms with Crippen LogP contribution in [0.5, 0.6) is 0 Å². The van der Waals surface area contributed by atoms with Gasteiger partial charge in [-0.2, -0.15) is 26.3 Å². The molecular formula is C10H10CoF6O4. The molecule has 0 spiro atoms. The summed E-state index contributed by atoms with van der Waals surface area (Å²) in [4.78, 5) is 19.8. The van der Waals surface area contributed by atoms with E-state index >= 15 is 0 Å². The van der Waals surface area contributed by atoms with Gasteiger partial charge in [-0.1, -0.05) is 0 Å². The van der Waals surface area contributed by atoms with Gasteiger partial charge in [0.2, 0.25) is 0 Å². The molecule has 1 radical (unpaired) electrons. The van der Waals surface area contributed by atoms with E-state index in [1.807, 2.05) is 0 Å². The maximum Gasteiger partial charge on any atom is 0.454 e. The number of ketones is 2. The van der Waals surface area contributed by atoms with Gasteiger partial charge in [-0.25, -0.2) is 0 Å². The minimum Gasteiger partial charge on any atom is -0.512 e. The van der Waals surface area contributed by atoms with Crippen molar-refractivity contribution in [1.29, 1.82) is 0 Å². The maximum absolute atomic E-state index is 11.3. The fourth-order valence-corrected chi connectivity index (χ4v) is 0.543. The van der Waals surface area contributed by atoms with Crippen LogP contribution in [0.25, 0.3) is 0 Å². The van der Waals surface area contributed by atoms with E-state index in [9.17, 15) is 35.9 Å². The molecule has 11 heteroatoms. The minimum atomic E-state index is -4.88. The van der Waals surface area contributed by atoms with E-state index in [1.165, 1.54) is 0 Å². The van der Waals surface area contributed by atoms with Crippen molar-refractivity contribution in [3.63, 3.8) is 0 Å². The molecule has 2 N–H and O–H groups in total. The van der Waals surface area contributed by atoms with E-state index in [-0.39, 0.29) is 28.9 Å². The molecule has 0 aromatic heterocycles. The zero-order valence-electron chi connectivity index (χ0n) is 10.5. The van der Waals surface area contributed by atoms with Crippen molar-refractivity contribution in [3.05, 3.63) is 23.7 Å². The number of hydrogen-bond acceptors (Lipinski definition) is 4. The molecule has 125 valence electrons. The smallest absolute Gasteiger partial charge is 0.454 e. The molecule has 0 aliphatic heterocycles. The summed E-state index contributed by atoms with van der Waals surface area (Å²) in [5.41, 5.74) is 0. The van der Waals surface area contributed by atoms with E-state index in [1.54, 1.807) is 0 Å². The van der Waals surface area contributed by atoms with Gasteiger partial charge in [-0.05, 0) is 13.8 Å². The molecule has 0 atom stereocenters. The van der Waals surface area contributed by atoms with E-state index in [2.05, 4.69) is 0 Å². The molecule has 0 fully saturated rings. The van der Waals surface area contributed by atoms with Crippen LogP contribution >= 0.6 is 0 Å². The Morgan fingerprint density at radius 3 is 1.00 bits per heavy atom. The first-order valence-corrected chi connectivity index (χ1v) is 4.64. The number of alkyl halides is 6. The molecular weight excluding hydrogens is 357 g/mol. The van der Waals surface area contributed by atoms with Gasteiger partial charge in [0.1, 0.15) is 0 Å². The predicted octanol–water partition coefficient (Wildman–Crippen LogP) is 3.16. The van der Waals surface area contributed by atoms with E-state index in [0.717, 1.165) is 13.8 Å². The van der Waals surface area contributed by atoms with E-state index < -0.39 is 35.4 Å². The molecule has 0 saturated carbocycles. The maximum atomic E-state index is 11.3. The summed E-state index contributed by atoms with van der Waals surface area (Å²) in [6, 6.07) is 0. The Morgan fingerprint density at radius 1 is 0.762 bits per heavy atom. The predicted molar refractivity (Wildman–Crippen MR) is 54.9 cm³/mol. The van der Waals surface area contributed by atoms with Crippen molar-refractivity contribution in [2.24, 2.45) is 0 Å². The van der Waals surface area contributed by atoms with Crippen molar-refractivity contribution in [1.82, 2.24) is 0 Å². The largest absolute Gasteiger partial charge is 0.512 e. The van der Waals surface area contributed by atoms with Crippen LogP contribution in [0.15, 0.2) is 23.7 Å². The number of rotatable bonds is 2. The van der Waals surface area contributed by atoms with Crippen LogP contribution < -0.4 is 0 Å². The van der Waals surface area contributed by atoms with Gasteiger partial charge in [-0.15, -0.1) is 0 Å². The zero-order valence-corrected chi connectivity index (χ0v) is 11.5. The van der Waals surface area contributed by atoms with Gasteiger partial charge in [-0.3, -0.25) is 9.59 Å². The fourth-order valence-electron chi connectivity index (χ4n) is 0.543. The second-order valence-corrected chi connectivity index (χ2v) is 3.30. The number of hydrogen-bond donors (Lipinski definition) is 2. The van der Waals surface area contributed by atoms with Gasteiger partial charge < -0.3 is 10.2 Å². The van der Waals surface area contributed by atoms with Crippen molar-refractivity contribution < 1.29 is 62.9 Å². The Bertz CT molecular complexity index is 374. The van der Waals surface area contributed by atoms with Crippen molar-refractivity contribution in [2.45, 2.75) is 26.2 Å². The van der Waals surface area contributed by atoms with Gasteiger partial charge in [0, 0.05) is 28.9 Å². The third kappa shape index (κ3) is 14.7. The second kappa shape index (κ2) is 9.44. The first-order chi connectivity index (χ1) is 8.67. The molecule has 0 bridgehead atoms. The molecule has 0 aromatic rings. The molecule has 21 heavy (non-hydrogen) atoms. The van der Waals surface area contributed by atoms with E-state index in [0.29, 0.717) is 0 Å². The Labute approximate surface area is 125 Å². The summed E-state index contributed by atoms with van der Waals surface area (Å²) in [7, 11) is 0. The second-order valence-electron chi connectivity index (χ2n) is 3.30. The summed E-state index contributed by atoms with van der Waals surface area (Å²) >= 11 is 0. The topological polar surface area (TPSA) is 74.6 Å². The number of aliphatic hydroxyl groups excluding tert-OH is 2. The van der Waals surface area contributed by atoms with Gasteiger partial charge >= 0.3 is 12.4 Å². The third-order valence-electron chi connectivity index (χ3n) is 1.24. The van der Waals surface area contributed by atoms with Gasteiger partial charge in [0.15, 0.2) is 0 Å². The number of halogens is 6. The molecule has 4 nitrogen and oxygen atoms in total. The SMILES string of the molecule is CC(O)=CC(=O)C(F)(F)F.CC(O)=CC(=O)C(F)(F)F.[Co]. The first-order valence-electron chi connectivity index (χ1n) is 4.64. The zero-order chi connectivity index (χ0) is 16.7. The first kappa shape index (κ1) is 24.5. The Kier molecular flexibility index (Phi) is 11.0. The van der Waals surface area contributed by atoms with Crippen LogP contribution in [0.1, 0.15) is 13.8 Å². The standard InChI is InChI=1S/2C5H5F3O2.Co/c2*1-3(9)2-4(10)5(6,7)8;/h2*2,9H,1H3;. The Balaban J connectivity index is -0.000000295. The molecule has 0 heterocycles. The minimum absolute atomic E-state index is 0. The number of carbonyl (C=O) groups is 2. The van der Waals surface area contributed by atoms with Crippen LogP contribution in [-0.2, 0) is 26.4 Å². The fraction of sp³-hybridized carbons (Fsp3) is 0.400. The number of carbonyl (C=O) groups excluding carboxylic acids is 2. The van der Waals surface area contributed by atoms with Crippen molar-refractivity contribution in [3.8, 4) is 0 Å². The summed E-state index contributed by atoms with van der Waals surface area (Å²) in [5.74, 6) is -5.40. The molecule has 0 aliphatic carbocycles. The van der Waals surface area contributed by atoms with Crippen molar-refractivity contribution in [2.75, 3.05) is 0 Å². The van der Waals surface area contributed by atoms with Crippen LogP contribution in [-0.4, -0.2) is 34.1 Å². The molecule has 0 saturated heterocycles. The van der Waals surface area contributed by atoms with Gasteiger partial charge in [0.25, 0.3) is 11.6 Å². The van der Waals surface area contributed by atoms with Crippen LogP contribution in [0.2, 0.25) is 0 Å². The summed E-state index contributed by atoms with van der Waals surface area (Å²) in [6.45, 7) is 1.98. The Hall–Kier alpha value is -1.49. The number of aliphatic hydroxyl groups is 2. The third-order valence-corrected chi connectivity index (χ3v) is 1.24. The van der Waals surface area contributed by atoms with Crippen LogP contribution in [0.4, 0.5) is 26.3 Å². The average Bonchev–Trinajstić information content (AvgIpc) is 2.13. The molecule has 0 rings (SSSR count). The van der Waals surface area contributed by atoms with E-state index in [4.69, 9.17) is 10.2 Å². The summed E-state index contributed by atoms with van der Waals surface area (Å²) in [5, 5.41) is 16.5. The molecule has 0 aliphatic rings. The summed E-state index contributed by atoms with van der Waals surface area (Å²) < 4.78 is 67.8. The van der Waals surface area contributed by atoms with Crippen molar-refractivity contribution >= 4 is 11.6 Å². The summed E-state index contributed by atoms with van der Waals surface area (Å²) in [6.07, 6.45) is -9.52. The molecule has 0 amide bonds. The molecule has 0 unspecified atom stereocenters. The Morgan fingerprint density at radius 2 is 0.952 bits per heavy atom. The monoisotopic (exact) mass is 367 g/mol.